The molecule has 148 valence electrons. The second-order valence-corrected chi connectivity index (χ2v) is 10.9. The van der Waals surface area contributed by atoms with Gasteiger partial charge in [-0.15, -0.1) is 0 Å². The van der Waals surface area contributed by atoms with Crippen LogP contribution in [0.25, 0.3) is 10.2 Å². The Morgan fingerprint density at radius 1 is 1.41 bits per heavy atom. The first-order valence-electron chi connectivity index (χ1n) is 8.92. The molecule has 0 aliphatic carbocycles. The SMILES string of the molecule is CSCCn1c(=NC(=O)C2CCCN(S(C)(=O)=O)C2)sc2cc(C)ccc21. The van der Waals surface area contributed by atoms with Crippen molar-refractivity contribution < 1.29 is 13.2 Å². The van der Waals surface area contributed by atoms with E-state index >= 15 is 0 Å². The van der Waals surface area contributed by atoms with Crippen LogP contribution >= 0.6 is 23.1 Å². The van der Waals surface area contributed by atoms with E-state index in [1.165, 1.54) is 27.5 Å². The number of thioether (sulfide) groups is 1. The Balaban J connectivity index is 1.95. The van der Waals surface area contributed by atoms with E-state index in [4.69, 9.17) is 0 Å². The van der Waals surface area contributed by atoms with E-state index in [2.05, 4.69) is 40.9 Å². The van der Waals surface area contributed by atoms with Crippen molar-refractivity contribution in [3.8, 4) is 0 Å². The fraction of sp³-hybridized carbons (Fsp3) is 0.556. The number of benzene rings is 1. The summed E-state index contributed by atoms with van der Waals surface area (Å²) in [5.74, 6) is 0.353. The van der Waals surface area contributed by atoms with Gasteiger partial charge in [0.1, 0.15) is 0 Å². The van der Waals surface area contributed by atoms with Gasteiger partial charge in [0.05, 0.1) is 22.4 Å². The van der Waals surface area contributed by atoms with E-state index in [1.807, 2.05) is 0 Å². The molecular weight excluding hydrogens is 402 g/mol. The summed E-state index contributed by atoms with van der Waals surface area (Å²) in [6.07, 6.45) is 4.63. The lowest BCUT2D eigenvalue weighted by atomic mass is 9.99. The molecule has 1 aromatic carbocycles. The maximum atomic E-state index is 12.8. The van der Waals surface area contributed by atoms with E-state index in [0.717, 1.165) is 22.5 Å². The first-order chi connectivity index (χ1) is 12.8. The van der Waals surface area contributed by atoms with Crippen molar-refractivity contribution in [2.45, 2.75) is 26.3 Å². The van der Waals surface area contributed by atoms with Crippen LogP contribution in [0.15, 0.2) is 23.2 Å². The molecule has 1 unspecified atom stereocenters. The summed E-state index contributed by atoms with van der Waals surface area (Å²) in [5.41, 5.74) is 2.27. The molecule has 0 bridgehead atoms. The molecule has 2 heterocycles. The molecule has 27 heavy (non-hydrogen) atoms. The molecule has 1 atom stereocenters. The standard InChI is InChI=1S/C18H25N3O3S3/c1-13-6-7-15-16(11-13)26-18(21(15)9-10-25-2)19-17(22)14-5-4-8-20(12-14)27(3,23)24/h6-7,11,14H,4-5,8-10,12H2,1-3H3. The number of nitrogens with zero attached hydrogens (tertiary/aromatic N) is 3. The summed E-state index contributed by atoms with van der Waals surface area (Å²) < 4.78 is 28.2. The van der Waals surface area contributed by atoms with Crippen molar-refractivity contribution >= 4 is 49.2 Å². The van der Waals surface area contributed by atoms with Gasteiger partial charge in [-0.05, 0) is 43.7 Å². The third-order valence-electron chi connectivity index (χ3n) is 4.77. The number of sulfonamides is 1. The lowest BCUT2D eigenvalue weighted by molar-refractivity contribution is -0.122. The van der Waals surface area contributed by atoms with Crippen molar-refractivity contribution in [1.82, 2.24) is 8.87 Å². The highest BCUT2D eigenvalue weighted by Gasteiger charge is 2.30. The van der Waals surface area contributed by atoms with Gasteiger partial charge < -0.3 is 4.57 Å². The van der Waals surface area contributed by atoms with Crippen LogP contribution in [0.4, 0.5) is 0 Å². The molecule has 0 spiro atoms. The quantitative estimate of drug-likeness (QED) is 0.735. The Morgan fingerprint density at radius 2 is 2.19 bits per heavy atom. The number of amides is 1. The smallest absolute Gasteiger partial charge is 0.252 e. The highest BCUT2D eigenvalue weighted by molar-refractivity contribution is 7.98. The Bertz CT molecular complexity index is 1010. The number of rotatable bonds is 5. The van der Waals surface area contributed by atoms with E-state index in [0.29, 0.717) is 24.2 Å². The molecule has 9 heteroatoms. The number of hydrogen-bond acceptors (Lipinski definition) is 5. The minimum atomic E-state index is -3.28. The maximum Gasteiger partial charge on any atom is 0.252 e. The van der Waals surface area contributed by atoms with Crippen LogP contribution in [-0.2, 0) is 21.4 Å². The molecule has 1 aliphatic heterocycles. The van der Waals surface area contributed by atoms with E-state index in [-0.39, 0.29) is 18.4 Å². The maximum absolute atomic E-state index is 12.8. The van der Waals surface area contributed by atoms with Crippen LogP contribution in [-0.4, -0.2) is 54.6 Å². The van der Waals surface area contributed by atoms with Gasteiger partial charge in [0, 0.05) is 25.4 Å². The second-order valence-electron chi connectivity index (χ2n) is 6.91. The lowest BCUT2D eigenvalue weighted by Gasteiger charge is -2.28. The van der Waals surface area contributed by atoms with E-state index in [9.17, 15) is 13.2 Å². The van der Waals surface area contributed by atoms with Gasteiger partial charge in [-0.3, -0.25) is 4.79 Å². The van der Waals surface area contributed by atoms with Crippen molar-refractivity contribution in [3.05, 3.63) is 28.6 Å². The zero-order chi connectivity index (χ0) is 19.6. The zero-order valence-electron chi connectivity index (χ0n) is 15.8. The van der Waals surface area contributed by atoms with Crippen LogP contribution < -0.4 is 4.80 Å². The summed E-state index contributed by atoms with van der Waals surface area (Å²) in [6, 6.07) is 6.27. The van der Waals surface area contributed by atoms with Crippen molar-refractivity contribution in [1.29, 1.82) is 0 Å². The highest BCUT2D eigenvalue weighted by atomic mass is 32.2. The molecule has 0 saturated carbocycles. The summed E-state index contributed by atoms with van der Waals surface area (Å²) in [6.45, 7) is 3.56. The first-order valence-corrected chi connectivity index (χ1v) is 13.0. The second kappa shape index (κ2) is 8.46. The third kappa shape index (κ3) is 4.82. The number of hydrogen-bond donors (Lipinski definition) is 0. The number of carbonyl (C=O) groups is 1. The molecule has 2 aromatic rings. The molecule has 1 aromatic heterocycles. The lowest BCUT2D eigenvalue weighted by Crippen LogP contribution is -2.41. The van der Waals surface area contributed by atoms with Gasteiger partial charge in [-0.2, -0.15) is 16.8 Å². The minimum Gasteiger partial charge on any atom is -0.316 e. The van der Waals surface area contributed by atoms with Gasteiger partial charge in [-0.25, -0.2) is 12.7 Å². The Kier molecular flexibility index (Phi) is 6.45. The Hall–Kier alpha value is -1.16. The molecule has 3 rings (SSSR count). The molecule has 1 amide bonds. The summed E-state index contributed by atoms with van der Waals surface area (Å²) in [4.78, 5) is 17.9. The topological polar surface area (TPSA) is 71.7 Å². The van der Waals surface area contributed by atoms with Crippen molar-refractivity contribution in [2.75, 3.05) is 31.4 Å². The average Bonchev–Trinajstić information content (AvgIpc) is 2.95. The summed E-state index contributed by atoms with van der Waals surface area (Å²) in [7, 11) is -3.28. The number of carbonyl (C=O) groups excluding carboxylic acids is 1. The molecular formula is C18H25N3O3S3. The molecule has 1 fully saturated rings. The van der Waals surface area contributed by atoms with Gasteiger partial charge in [0.25, 0.3) is 5.91 Å². The molecule has 0 N–H and O–H groups in total. The van der Waals surface area contributed by atoms with Crippen molar-refractivity contribution in [2.24, 2.45) is 10.9 Å². The third-order valence-corrected chi connectivity index (χ3v) is 7.67. The van der Waals surface area contributed by atoms with Gasteiger partial charge in [-0.1, -0.05) is 17.4 Å². The van der Waals surface area contributed by atoms with E-state index in [1.54, 1.807) is 11.8 Å². The van der Waals surface area contributed by atoms with Crippen LogP contribution in [0.3, 0.4) is 0 Å². The van der Waals surface area contributed by atoms with Crippen LogP contribution in [0.2, 0.25) is 0 Å². The fourth-order valence-electron chi connectivity index (χ4n) is 3.30. The Labute approximate surface area is 168 Å². The predicted octanol–water partition coefficient (Wildman–Crippen LogP) is 2.47. The van der Waals surface area contributed by atoms with Gasteiger partial charge >= 0.3 is 0 Å². The number of thiazole rings is 1. The number of aromatic nitrogens is 1. The van der Waals surface area contributed by atoms with Crippen LogP contribution in [0.1, 0.15) is 18.4 Å². The number of fused-ring (bicyclic) bond motifs is 1. The average molecular weight is 428 g/mol. The van der Waals surface area contributed by atoms with Crippen molar-refractivity contribution in [3.63, 3.8) is 0 Å². The number of aryl methyl sites for hydroxylation is 2. The molecule has 0 radical (unpaired) electrons. The normalized spacial score (nSPS) is 19.7. The van der Waals surface area contributed by atoms with Crippen LogP contribution in [0, 0.1) is 12.8 Å². The van der Waals surface area contributed by atoms with Gasteiger partial charge in [0.15, 0.2) is 4.80 Å². The fourth-order valence-corrected chi connectivity index (χ4v) is 5.73. The largest absolute Gasteiger partial charge is 0.316 e. The predicted molar refractivity (Wildman–Crippen MR) is 113 cm³/mol. The molecule has 6 nitrogen and oxygen atoms in total. The summed E-state index contributed by atoms with van der Waals surface area (Å²) in [5, 5.41) is 0. The van der Waals surface area contributed by atoms with Crippen LogP contribution in [0.5, 0.6) is 0 Å². The Morgan fingerprint density at radius 3 is 2.89 bits per heavy atom. The minimum absolute atomic E-state index is 0.218. The summed E-state index contributed by atoms with van der Waals surface area (Å²) >= 11 is 3.28. The molecule has 1 saturated heterocycles. The monoisotopic (exact) mass is 427 g/mol. The van der Waals surface area contributed by atoms with E-state index < -0.39 is 10.0 Å². The first kappa shape index (κ1) is 20.6. The highest BCUT2D eigenvalue weighted by Crippen LogP contribution is 2.22. The zero-order valence-corrected chi connectivity index (χ0v) is 18.3. The van der Waals surface area contributed by atoms with Gasteiger partial charge in [0.2, 0.25) is 10.0 Å². The molecule has 1 aliphatic rings. The number of piperidine rings is 1.